The second-order valence-corrected chi connectivity index (χ2v) is 8.26. The first-order valence-corrected chi connectivity index (χ1v) is 10.5. The summed E-state index contributed by atoms with van der Waals surface area (Å²) in [4.78, 5) is 0. The third-order valence-corrected chi connectivity index (χ3v) is 5.85. The van der Waals surface area contributed by atoms with E-state index in [0.29, 0.717) is 0 Å². The van der Waals surface area contributed by atoms with Crippen molar-refractivity contribution in [3.8, 4) is 5.88 Å². The average Bonchev–Trinajstić information content (AvgIpc) is 2.80. The molecular formula is C14H24IN3OS. The van der Waals surface area contributed by atoms with Gasteiger partial charge in [-0.25, -0.2) is 8.99 Å². The largest absolute Gasteiger partial charge is 0.477 e. The number of ether oxygens (including phenoxy) is 1. The minimum atomic E-state index is 0.0990. The predicted octanol–water partition coefficient (Wildman–Crippen LogP) is 3.90. The van der Waals surface area contributed by atoms with Crippen LogP contribution in [0.2, 0.25) is 0 Å². The topological polar surface area (TPSA) is 30.3 Å². The summed E-state index contributed by atoms with van der Waals surface area (Å²) in [5.41, 5.74) is 1.60. The number of halogens is 1. The van der Waals surface area contributed by atoms with Crippen molar-refractivity contribution in [1.82, 2.24) is 14.1 Å². The van der Waals surface area contributed by atoms with Crippen LogP contribution in [0.3, 0.4) is 0 Å². The molecule has 0 aliphatic carbocycles. The van der Waals surface area contributed by atoms with Gasteiger partial charge < -0.3 is 4.74 Å². The lowest BCUT2D eigenvalue weighted by Gasteiger charge is -2.49. The molecule has 0 atom stereocenters. The molecule has 2 aliphatic rings. The second-order valence-electron chi connectivity index (χ2n) is 6.43. The van der Waals surface area contributed by atoms with Crippen molar-refractivity contribution in [1.29, 1.82) is 0 Å². The highest BCUT2D eigenvalue weighted by molar-refractivity contribution is 14.2. The number of fused-ring (bicyclic) bond motifs is 1. The first-order valence-electron chi connectivity index (χ1n) is 7.16. The molecule has 4 nitrogen and oxygen atoms in total. The molecule has 1 aromatic heterocycles. The van der Waals surface area contributed by atoms with Gasteiger partial charge in [-0.3, -0.25) is 0 Å². The fourth-order valence-electron chi connectivity index (χ4n) is 2.68. The van der Waals surface area contributed by atoms with E-state index in [1.165, 1.54) is 5.56 Å². The lowest BCUT2D eigenvalue weighted by atomic mass is 9.81. The molecule has 0 aromatic carbocycles. The van der Waals surface area contributed by atoms with Gasteiger partial charge in [0.25, 0.3) is 0 Å². The summed E-state index contributed by atoms with van der Waals surface area (Å²) in [5, 5.41) is 4.52. The summed E-state index contributed by atoms with van der Waals surface area (Å²) in [6.07, 6.45) is 1.97. The molecule has 0 radical (unpaired) electrons. The van der Waals surface area contributed by atoms with Gasteiger partial charge in [0.1, 0.15) is 0 Å². The minimum Gasteiger partial charge on any atom is -0.477 e. The maximum atomic E-state index is 6.03. The van der Waals surface area contributed by atoms with Crippen LogP contribution in [0.15, 0.2) is 6.20 Å². The molecule has 20 heavy (non-hydrogen) atoms. The van der Waals surface area contributed by atoms with Crippen LogP contribution in [0.25, 0.3) is 0 Å². The Balaban J connectivity index is 0.000000704. The highest BCUT2D eigenvalue weighted by Crippen LogP contribution is 2.44. The van der Waals surface area contributed by atoms with E-state index in [0.717, 1.165) is 32.1 Å². The van der Waals surface area contributed by atoms with Gasteiger partial charge >= 0.3 is 0 Å². The number of hydrogen-bond acceptors (Lipinski definition) is 4. The van der Waals surface area contributed by atoms with E-state index in [2.05, 4.69) is 56.1 Å². The van der Waals surface area contributed by atoms with E-state index in [-0.39, 0.29) is 10.8 Å². The lowest BCUT2D eigenvalue weighted by molar-refractivity contribution is -0.0212. The summed E-state index contributed by atoms with van der Waals surface area (Å²) in [6.45, 7) is 14.6. The quantitative estimate of drug-likeness (QED) is 0.520. The summed E-state index contributed by atoms with van der Waals surface area (Å²) in [5.74, 6) is 0.980. The van der Waals surface area contributed by atoms with Gasteiger partial charge in [0.2, 0.25) is 5.88 Å². The predicted molar refractivity (Wildman–Crippen MR) is 93.4 cm³/mol. The Morgan fingerprint density at radius 1 is 1.30 bits per heavy atom. The number of aromatic nitrogens is 2. The molecule has 6 heteroatoms. The van der Waals surface area contributed by atoms with Crippen molar-refractivity contribution in [3.05, 3.63) is 11.8 Å². The van der Waals surface area contributed by atoms with Crippen molar-refractivity contribution in [2.45, 2.75) is 46.6 Å². The maximum Gasteiger partial charge on any atom is 0.215 e. The van der Waals surface area contributed by atoms with Gasteiger partial charge in [0.05, 0.1) is 24.8 Å². The Kier molecular flexibility index (Phi) is 4.96. The van der Waals surface area contributed by atoms with Crippen molar-refractivity contribution in [2.75, 3.05) is 19.7 Å². The second kappa shape index (κ2) is 6.04. The van der Waals surface area contributed by atoms with Crippen LogP contribution in [0.4, 0.5) is 0 Å². The molecule has 0 amide bonds. The molecule has 2 aliphatic heterocycles. The Bertz CT molecular complexity index is 463. The Labute approximate surface area is 138 Å². The average molecular weight is 409 g/mol. The van der Waals surface area contributed by atoms with E-state index in [1.807, 2.05) is 20.0 Å². The third-order valence-electron chi connectivity index (χ3n) is 3.72. The van der Waals surface area contributed by atoms with Crippen LogP contribution >= 0.6 is 30.3 Å². The Morgan fingerprint density at radius 3 is 2.50 bits per heavy atom. The molecule has 0 N–H and O–H groups in total. The standard InChI is InChI=1S/C12H18IN3OS.C2H6/c1-11(2,3)9-4-14-16-7-12(8-17-10(9)16)5-15(6-12)18-13;1-2/h4H,5-8H2,1-3H3;1-2H3. The van der Waals surface area contributed by atoms with Crippen molar-refractivity contribution >= 4 is 30.3 Å². The molecule has 1 fully saturated rings. The zero-order valence-electron chi connectivity index (χ0n) is 12.9. The van der Waals surface area contributed by atoms with Gasteiger partial charge in [0, 0.05) is 39.9 Å². The number of hydrogen-bond donors (Lipinski definition) is 0. The van der Waals surface area contributed by atoms with Crippen molar-refractivity contribution < 1.29 is 4.74 Å². The van der Waals surface area contributed by atoms with E-state index in [4.69, 9.17) is 4.74 Å². The summed E-state index contributed by atoms with van der Waals surface area (Å²) in [7, 11) is 1.79. The van der Waals surface area contributed by atoms with E-state index in [1.54, 1.807) is 9.12 Å². The highest BCUT2D eigenvalue weighted by atomic mass is 127. The summed E-state index contributed by atoms with van der Waals surface area (Å²) in [6, 6.07) is 0. The van der Waals surface area contributed by atoms with Gasteiger partial charge in [-0.2, -0.15) is 5.10 Å². The first-order chi connectivity index (χ1) is 9.43. The molecular weight excluding hydrogens is 385 g/mol. The highest BCUT2D eigenvalue weighted by Gasteiger charge is 2.48. The van der Waals surface area contributed by atoms with Crippen LogP contribution in [0.1, 0.15) is 40.2 Å². The molecule has 3 heterocycles. The maximum absolute atomic E-state index is 6.03. The van der Waals surface area contributed by atoms with Crippen molar-refractivity contribution in [2.24, 2.45) is 5.41 Å². The number of nitrogens with zero attached hydrogens (tertiary/aromatic N) is 3. The minimum absolute atomic E-state index is 0.0990. The molecule has 0 unspecified atom stereocenters. The molecule has 0 saturated carbocycles. The number of rotatable bonds is 1. The Morgan fingerprint density at radius 2 is 1.95 bits per heavy atom. The molecule has 1 aromatic rings. The van der Waals surface area contributed by atoms with Crippen LogP contribution in [0, 0.1) is 5.41 Å². The van der Waals surface area contributed by atoms with Gasteiger partial charge in [-0.15, -0.1) is 0 Å². The van der Waals surface area contributed by atoms with E-state index >= 15 is 0 Å². The smallest absolute Gasteiger partial charge is 0.215 e. The lowest BCUT2D eigenvalue weighted by Crippen LogP contribution is -2.59. The fourth-order valence-corrected chi connectivity index (χ4v) is 4.16. The molecule has 1 spiro atoms. The summed E-state index contributed by atoms with van der Waals surface area (Å²) < 4.78 is 10.5. The van der Waals surface area contributed by atoms with Crippen LogP contribution in [-0.2, 0) is 12.0 Å². The first kappa shape index (κ1) is 16.4. The third kappa shape index (κ3) is 2.97. The molecule has 114 valence electrons. The fraction of sp³-hybridized carbons (Fsp3) is 0.786. The normalized spacial score (nSPS) is 20.5. The Hall–Kier alpha value is 0.0500. The zero-order valence-corrected chi connectivity index (χ0v) is 15.9. The summed E-state index contributed by atoms with van der Waals surface area (Å²) >= 11 is 2.34. The molecule has 1 saturated heterocycles. The van der Waals surface area contributed by atoms with Crippen LogP contribution < -0.4 is 4.74 Å². The van der Waals surface area contributed by atoms with Crippen molar-refractivity contribution in [3.63, 3.8) is 0 Å². The monoisotopic (exact) mass is 409 g/mol. The van der Waals surface area contributed by atoms with Gasteiger partial charge in [-0.05, 0) is 14.5 Å². The zero-order chi connectivity index (χ0) is 15.0. The van der Waals surface area contributed by atoms with Gasteiger partial charge in [-0.1, -0.05) is 34.6 Å². The van der Waals surface area contributed by atoms with Crippen LogP contribution in [-0.4, -0.2) is 33.8 Å². The van der Waals surface area contributed by atoms with Crippen LogP contribution in [0.5, 0.6) is 5.88 Å². The molecule has 3 rings (SSSR count). The SMILES string of the molecule is CC.CC(C)(C)c1cnn2c1OCC1(CN(SI)C1)C2. The van der Waals surface area contributed by atoms with E-state index < -0.39 is 0 Å². The molecule has 0 bridgehead atoms. The van der Waals surface area contributed by atoms with E-state index in [9.17, 15) is 0 Å². The van der Waals surface area contributed by atoms with Gasteiger partial charge in [0.15, 0.2) is 0 Å².